The van der Waals surface area contributed by atoms with Gasteiger partial charge in [-0.05, 0) is 67.6 Å². The number of rotatable bonds is 7. The summed E-state index contributed by atoms with van der Waals surface area (Å²) in [5, 5.41) is 32.9. The van der Waals surface area contributed by atoms with Crippen LogP contribution >= 0.6 is 0 Å². The Hall–Kier alpha value is -5.92. The van der Waals surface area contributed by atoms with E-state index in [0.29, 0.717) is 5.56 Å². The minimum atomic E-state index is -0.899. The van der Waals surface area contributed by atoms with Gasteiger partial charge >= 0.3 is 0 Å². The summed E-state index contributed by atoms with van der Waals surface area (Å²) in [5.41, 5.74) is 1.29. The predicted octanol–water partition coefficient (Wildman–Crippen LogP) is 4.65. The highest BCUT2D eigenvalue weighted by Gasteiger charge is 2.62. The van der Waals surface area contributed by atoms with Crippen molar-refractivity contribution in [3.05, 3.63) is 104 Å². The molecular formula is C34H28N4O10. The highest BCUT2D eigenvalue weighted by molar-refractivity contribution is 6.24. The van der Waals surface area contributed by atoms with E-state index in [4.69, 9.17) is 4.74 Å². The first-order valence-electron chi connectivity index (χ1n) is 15.4. The van der Waals surface area contributed by atoms with Crippen molar-refractivity contribution in [2.75, 3.05) is 16.4 Å². The molecule has 48 heavy (non-hydrogen) atoms. The topological polar surface area (TPSA) is 190 Å². The Bertz CT molecular complexity index is 1940. The Morgan fingerprint density at radius 3 is 1.83 bits per heavy atom. The van der Waals surface area contributed by atoms with Crippen molar-refractivity contribution in [2.45, 2.75) is 25.7 Å². The van der Waals surface area contributed by atoms with E-state index in [0.717, 1.165) is 15.4 Å². The Kier molecular flexibility index (Phi) is 7.30. The number of fused-ring (bicyclic) bond motifs is 4. The van der Waals surface area contributed by atoms with E-state index < -0.39 is 69.0 Å². The van der Waals surface area contributed by atoms with Crippen LogP contribution in [-0.2, 0) is 19.2 Å². The molecule has 4 amide bonds. The number of benzene rings is 3. The summed E-state index contributed by atoms with van der Waals surface area (Å²) in [7, 11) is 0. The zero-order chi connectivity index (χ0) is 34.0. The monoisotopic (exact) mass is 652 g/mol. The molecule has 14 heteroatoms. The molecular weight excluding hydrogens is 624 g/mol. The number of phenolic OH excluding ortho intramolecular Hbond substituents is 1. The van der Waals surface area contributed by atoms with Gasteiger partial charge in [0.25, 0.3) is 11.4 Å². The average Bonchev–Trinajstić information content (AvgIpc) is 3.48. The van der Waals surface area contributed by atoms with E-state index in [9.17, 15) is 44.5 Å². The van der Waals surface area contributed by atoms with E-state index in [1.807, 2.05) is 6.08 Å². The van der Waals surface area contributed by atoms with E-state index in [2.05, 4.69) is 0 Å². The Balaban J connectivity index is 1.31. The summed E-state index contributed by atoms with van der Waals surface area (Å²) in [5.74, 6) is -6.58. The second-order valence-electron chi connectivity index (χ2n) is 12.3. The van der Waals surface area contributed by atoms with Gasteiger partial charge in [-0.25, -0.2) is 0 Å². The van der Waals surface area contributed by atoms with Gasteiger partial charge in [-0.3, -0.25) is 49.2 Å². The summed E-state index contributed by atoms with van der Waals surface area (Å²) >= 11 is 0. The van der Waals surface area contributed by atoms with Crippen molar-refractivity contribution >= 4 is 46.4 Å². The normalized spacial score (nSPS) is 26.1. The van der Waals surface area contributed by atoms with Crippen molar-refractivity contribution in [3.63, 3.8) is 0 Å². The van der Waals surface area contributed by atoms with Crippen molar-refractivity contribution in [1.82, 2.24) is 0 Å². The molecule has 0 radical (unpaired) electrons. The van der Waals surface area contributed by atoms with Gasteiger partial charge in [0.2, 0.25) is 23.6 Å². The molecule has 2 saturated heterocycles. The zero-order valence-electron chi connectivity index (χ0n) is 25.4. The Morgan fingerprint density at radius 1 is 0.750 bits per heavy atom. The second kappa shape index (κ2) is 11.4. The van der Waals surface area contributed by atoms with Crippen molar-refractivity contribution in [2.24, 2.45) is 29.6 Å². The standard InChI is InChI=1S/C34H28N4O10/c1-2-48-27-15-17(3-14-26(27)39)28-22-12-13-23-29(33(42)35(31(23)40)18-4-8-20(9-5-18)37(44)45)24(22)16-25-30(28)34(43)36(32(25)41)19-6-10-21(11-7-19)38(46)47/h3-12,14-15,23-25,28-30,39H,2,13,16H2,1H3. The summed E-state index contributed by atoms with van der Waals surface area (Å²) < 4.78 is 5.64. The van der Waals surface area contributed by atoms with Crippen LogP contribution in [0.25, 0.3) is 0 Å². The number of amides is 4. The number of nitro benzene ring substituents is 2. The smallest absolute Gasteiger partial charge is 0.269 e. The lowest BCUT2D eigenvalue weighted by Crippen LogP contribution is -2.43. The molecule has 244 valence electrons. The number of phenols is 1. The molecule has 3 aromatic carbocycles. The fraction of sp³-hybridized carbons (Fsp3) is 0.294. The molecule has 3 aromatic rings. The fourth-order valence-corrected chi connectivity index (χ4v) is 7.91. The number of anilines is 2. The number of hydrogen-bond acceptors (Lipinski definition) is 10. The van der Waals surface area contributed by atoms with Crippen LogP contribution in [0.15, 0.2) is 78.4 Å². The van der Waals surface area contributed by atoms with Crippen LogP contribution in [0.2, 0.25) is 0 Å². The molecule has 0 spiro atoms. The SMILES string of the molecule is CCOc1cc(C2C3=CCC4C(=O)N(c5ccc([N+](=O)[O-])cc5)C(=O)C4C3CC3C(=O)N(c4ccc([N+](=O)[O-])cc4)C(=O)C32)ccc1O. The van der Waals surface area contributed by atoms with Crippen LogP contribution in [0.1, 0.15) is 31.2 Å². The van der Waals surface area contributed by atoms with E-state index >= 15 is 0 Å². The molecule has 6 unspecified atom stereocenters. The van der Waals surface area contributed by atoms with Gasteiger partial charge in [0.05, 0.1) is 51.5 Å². The molecule has 7 rings (SSSR count). The predicted molar refractivity (Wildman–Crippen MR) is 168 cm³/mol. The minimum absolute atomic E-state index is 0.103. The number of nitrogens with zero attached hydrogens (tertiary/aromatic N) is 4. The molecule has 2 aliphatic heterocycles. The van der Waals surface area contributed by atoms with Crippen molar-refractivity contribution < 1.29 is 38.9 Å². The first-order chi connectivity index (χ1) is 23.0. The molecule has 14 nitrogen and oxygen atoms in total. The Morgan fingerprint density at radius 2 is 1.29 bits per heavy atom. The number of carbonyl (C=O) groups is 4. The molecule has 4 aliphatic rings. The number of imide groups is 2. The van der Waals surface area contributed by atoms with Gasteiger partial charge in [0, 0.05) is 30.2 Å². The van der Waals surface area contributed by atoms with Crippen LogP contribution < -0.4 is 14.5 Å². The molecule has 1 N–H and O–H groups in total. The fourth-order valence-electron chi connectivity index (χ4n) is 7.91. The lowest BCUT2D eigenvalue weighted by Gasteiger charge is -2.44. The van der Waals surface area contributed by atoms with Crippen molar-refractivity contribution in [1.29, 1.82) is 0 Å². The summed E-state index contributed by atoms with van der Waals surface area (Å²) in [6.07, 6.45) is 2.17. The third-order valence-corrected chi connectivity index (χ3v) is 9.93. The summed E-state index contributed by atoms with van der Waals surface area (Å²) in [4.78, 5) is 79.6. The molecule has 3 fully saturated rings. The van der Waals surface area contributed by atoms with Crippen LogP contribution in [0.5, 0.6) is 11.5 Å². The number of hydrogen-bond donors (Lipinski definition) is 1. The number of aromatic hydroxyl groups is 1. The van der Waals surface area contributed by atoms with Gasteiger partial charge in [0.15, 0.2) is 11.5 Å². The number of ether oxygens (including phenoxy) is 1. The van der Waals surface area contributed by atoms with Crippen LogP contribution in [0.3, 0.4) is 0 Å². The van der Waals surface area contributed by atoms with Gasteiger partial charge < -0.3 is 9.84 Å². The maximum atomic E-state index is 14.2. The van der Waals surface area contributed by atoms with E-state index in [-0.39, 0.29) is 53.7 Å². The summed E-state index contributed by atoms with van der Waals surface area (Å²) in [6, 6.07) is 15.0. The lowest BCUT2D eigenvalue weighted by atomic mass is 9.57. The number of allylic oxidation sites excluding steroid dienone is 2. The third-order valence-electron chi connectivity index (χ3n) is 9.93. The molecule has 1 saturated carbocycles. The van der Waals surface area contributed by atoms with Gasteiger partial charge in [-0.15, -0.1) is 0 Å². The number of non-ortho nitro benzene ring substituents is 2. The lowest BCUT2D eigenvalue weighted by molar-refractivity contribution is -0.385. The second-order valence-corrected chi connectivity index (χ2v) is 12.3. The first-order valence-corrected chi connectivity index (χ1v) is 15.4. The maximum Gasteiger partial charge on any atom is 0.269 e. The molecule has 2 heterocycles. The maximum absolute atomic E-state index is 14.2. The zero-order valence-corrected chi connectivity index (χ0v) is 25.4. The number of nitro groups is 2. The van der Waals surface area contributed by atoms with E-state index in [1.54, 1.807) is 19.1 Å². The van der Waals surface area contributed by atoms with Gasteiger partial charge in [-0.1, -0.05) is 17.7 Å². The highest BCUT2D eigenvalue weighted by Crippen LogP contribution is 2.59. The van der Waals surface area contributed by atoms with E-state index in [1.165, 1.54) is 54.6 Å². The molecule has 6 atom stereocenters. The minimum Gasteiger partial charge on any atom is -0.504 e. The third kappa shape index (κ3) is 4.62. The molecule has 2 aliphatic carbocycles. The van der Waals surface area contributed by atoms with Crippen molar-refractivity contribution in [3.8, 4) is 11.5 Å². The summed E-state index contributed by atoms with van der Waals surface area (Å²) in [6.45, 7) is 2.01. The quantitative estimate of drug-likeness (QED) is 0.163. The number of carbonyl (C=O) groups excluding carboxylic acids is 4. The van der Waals surface area contributed by atoms with Crippen LogP contribution in [0, 0.1) is 49.8 Å². The average molecular weight is 653 g/mol. The van der Waals surface area contributed by atoms with Crippen LogP contribution in [0.4, 0.5) is 22.7 Å². The van der Waals surface area contributed by atoms with Gasteiger partial charge in [0.1, 0.15) is 0 Å². The van der Waals surface area contributed by atoms with Crippen LogP contribution in [-0.4, -0.2) is 45.2 Å². The van der Waals surface area contributed by atoms with Gasteiger partial charge in [-0.2, -0.15) is 0 Å². The Labute approximate surface area is 272 Å². The highest BCUT2D eigenvalue weighted by atomic mass is 16.6. The molecule has 0 bridgehead atoms. The molecule has 0 aromatic heterocycles. The largest absolute Gasteiger partial charge is 0.504 e. The first kappa shape index (κ1) is 30.7.